The van der Waals surface area contributed by atoms with Crippen molar-refractivity contribution in [3.63, 3.8) is 0 Å². The van der Waals surface area contributed by atoms with E-state index in [1.807, 2.05) is 35.5 Å². The van der Waals surface area contributed by atoms with Gasteiger partial charge in [0.05, 0.1) is 23.9 Å². The fourth-order valence-corrected chi connectivity index (χ4v) is 4.00. The van der Waals surface area contributed by atoms with Gasteiger partial charge in [-0.15, -0.1) is 11.3 Å². The molecule has 0 saturated carbocycles. The predicted molar refractivity (Wildman–Crippen MR) is 83.1 cm³/mol. The largest absolute Gasteiger partial charge is 0.332 e. The van der Waals surface area contributed by atoms with Gasteiger partial charge in [-0.05, 0) is 19.3 Å². The lowest BCUT2D eigenvalue weighted by atomic mass is 9.91. The maximum absolute atomic E-state index is 4.93. The average Bonchev–Trinajstić information content (AvgIpc) is 3.01. The monoisotopic (exact) mass is 290 g/mol. The van der Waals surface area contributed by atoms with Gasteiger partial charge in [0, 0.05) is 30.4 Å². The molecule has 0 bridgehead atoms. The Hall–Kier alpha value is -1.20. The van der Waals surface area contributed by atoms with E-state index in [2.05, 4.69) is 24.1 Å². The molecule has 0 aliphatic heterocycles. The molecule has 2 aromatic rings. The van der Waals surface area contributed by atoms with E-state index in [1.54, 1.807) is 0 Å². The third-order valence-corrected chi connectivity index (χ3v) is 5.03. The molecule has 1 aliphatic rings. The van der Waals surface area contributed by atoms with Crippen LogP contribution in [0.2, 0.25) is 0 Å². The second-order valence-electron chi connectivity index (χ2n) is 5.87. The Kier molecular flexibility index (Phi) is 3.89. The van der Waals surface area contributed by atoms with E-state index in [1.165, 1.54) is 29.8 Å². The minimum absolute atomic E-state index is 0.538. The lowest BCUT2D eigenvalue weighted by Crippen LogP contribution is -2.29. The summed E-state index contributed by atoms with van der Waals surface area (Å²) in [6.45, 7) is 5.44. The molecule has 0 radical (unpaired) electrons. The molecule has 1 unspecified atom stereocenters. The van der Waals surface area contributed by atoms with Crippen molar-refractivity contribution in [2.45, 2.75) is 45.1 Å². The Morgan fingerprint density at radius 3 is 3.05 bits per heavy atom. The predicted octanol–water partition coefficient (Wildman–Crippen LogP) is 2.96. The summed E-state index contributed by atoms with van der Waals surface area (Å²) in [5, 5.41) is 4.68. The fraction of sp³-hybridized carbons (Fsp3) is 0.600. The zero-order chi connectivity index (χ0) is 14.1. The second-order valence-corrected chi connectivity index (χ2v) is 6.95. The second kappa shape index (κ2) is 5.66. The Labute approximate surface area is 124 Å². The number of hydrogen-bond acceptors (Lipinski definition) is 4. The van der Waals surface area contributed by atoms with Gasteiger partial charge in [-0.1, -0.05) is 13.8 Å². The normalized spacial score (nSPS) is 18.5. The van der Waals surface area contributed by atoms with Crippen molar-refractivity contribution in [3.8, 4) is 10.7 Å². The van der Waals surface area contributed by atoms with Gasteiger partial charge in [0.2, 0.25) is 0 Å². The molecule has 0 aromatic carbocycles. The molecule has 20 heavy (non-hydrogen) atoms. The zero-order valence-corrected chi connectivity index (χ0v) is 13.2. The first-order chi connectivity index (χ1) is 9.65. The van der Waals surface area contributed by atoms with Gasteiger partial charge in [-0.2, -0.15) is 0 Å². The van der Waals surface area contributed by atoms with E-state index in [9.17, 15) is 0 Å². The maximum atomic E-state index is 4.93. The molecular weight excluding hydrogens is 268 g/mol. The SMILES string of the molecule is CC(C)NCC1CCCc2sc(-c3cncn3C)nc21. The molecule has 1 atom stereocenters. The van der Waals surface area contributed by atoms with E-state index in [0.29, 0.717) is 12.0 Å². The number of rotatable bonds is 4. The summed E-state index contributed by atoms with van der Waals surface area (Å²) in [5.74, 6) is 0.569. The van der Waals surface area contributed by atoms with Gasteiger partial charge >= 0.3 is 0 Å². The van der Waals surface area contributed by atoms with Crippen LogP contribution < -0.4 is 5.32 Å². The highest BCUT2D eigenvalue weighted by Crippen LogP contribution is 2.37. The Balaban J connectivity index is 1.87. The number of hydrogen-bond donors (Lipinski definition) is 1. The van der Waals surface area contributed by atoms with Gasteiger partial charge in [0.15, 0.2) is 0 Å². The molecule has 4 nitrogen and oxygen atoms in total. The van der Waals surface area contributed by atoms with Gasteiger partial charge in [0.25, 0.3) is 0 Å². The Morgan fingerprint density at radius 1 is 1.50 bits per heavy atom. The van der Waals surface area contributed by atoms with Crippen LogP contribution in [0.15, 0.2) is 12.5 Å². The molecule has 0 saturated heterocycles. The van der Waals surface area contributed by atoms with E-state index in [-0.39, 0.29) is 0 Å². The molecule has 1 N–H and O–H groups in total. The topological polar surface area (TPSA) is 42.7 Å². The summed E-state index contributed by atoms with van der Waals surface area (Å²) < 4.78 is 2.05. The summed E-state index contributed by atoms with van der Waals surface area (Å²) >= 11 is 1.85. The van der Waals surface area contributed by atoms with Crippen molar-refractivity contribution in [1.29, 1.82) is 0 Å². The quantitative estimate of drug-likeness (QED) is 0.941. The first kappa shape index (κ1) is 13.8. The summed E-state index contributed by atoms with van der Waals surface area (Å²) in [5.41, 5.74) is 2.45. The van der Waals surface area contributed by atoms with Crippen LogP contribution in [0.3, 0.4) is 0 Å². The smallest absolute Gasteiger partial charge is 0.142 e. The number of aryl methyl sites for hydroxylation is 2. The standard InChI is InChI=1S/C15H22N4S/c1-10(2)17-7-11-5-4-6-13-14(11)18-15(20-13)12-8-16-9-19(12)3/h8-11,17H,4-7H2,1-3H3. The van der Waals surface area contributed by atoms with Crippen molar-refractivity contribution in [2.24, 2.45) is 7.05 Å². The van der Waals surface area contributed by atoms with Gasteiger partial charge in [-0.25, -0.2) is 9.97 Å². The van der Waals surface area contributed by atoms with Crippen LogP contribution in [0.5, 0.6) is 0 Å². The lowest BCUT2D eigenvalue weighted by molar-refractivity contribution is 0.475. The van der Waals surface area contributed by atoms with Crippen LogP contribution in [0.4, 0.5) is 0 Å². The van der Waals surface area contributed by atoms with Crippen LogP contribution >= 0.6 is 11.3 Å². The summed E-state index contributed by atoms with van der Waals surface area (Å²) in [4.78, 5) is 10.6. The third kappa shape index (κ3) is 2.65. The van der Waals surface area contributed by atoms with Crippen LogP contribution in [-0.2, 0) is 13.5 Å². The molecule has 2 heterocycles. The maximum Gasteiger partial charge on any atom is 0.142 e. The number of aromatic nitrogens is 3. The van der Waals surface area contributed by atoms with E-state index >= 15 is 0 Å². The number of thiazole rings is 1. The van der Waals surface area contributed by atoms with E-state index in [0.717, 1.165) is 17.2 Å². The summed E-state index contributed by atoms with van der Waals surface area (Å²) in [7, 11) is 2.03. The highest BCUT2D eigenvalue weighted by Gasteiger charge is 2.25. The van der Waals surface area contributed by atoms with Crippen molar-refractivity contribution >= 4 is 11.3 Å². The highest BCUT2D eigenvalue weighted by molar-refractivity contribution is 7.15. The molecular formula is C15H22N4S. The number of fused-ring (bicyclic) bond motifs is 1. The Bertz CT molecular complexity index is 584. The van der Waals surface area contributed by atoms with Crippen LogP contribution in [0.1, 0.15) is 43.2 Å². The zero-order valence-electron chi connectivity index (χ0n) is 12.4. The molecule has 2 aromatic heterocycles. The Morgan fingerprint density at radius 2 is 2.35 bits per heavy atom. The van der Waals surface area contributed by atoms with Gasteiger partial charge in [-0.3, -0.25) is 0 Å². The molecule has 5 heteroatoms. The minimum Gasteiger partial charge on any atom is -0.332 e. The molecule has 3 rings (SSSR count). The summed E-state index contributed by atoms with van der Waals surface area (Å²) in [6.07, 6.45) is 7.47. The van der Waals surface area contributed by atoms with Crippen LogP contribution in [0.25, 0.3) is 10.7 Å². The van der Waals surface area contributed by atoms with Gasteiger partial charge < -0.3 is 9.88 Å². The van der Waals surface area contributed by atoms with Crippen molar-refractivity contribution in [2.75, 3.05) is 6.54 Å². The van der Waals surface area contributed by atoms with E-state index in [4.69, 9.17) is 4.98 Å². The minimum atomic E-state index is 0.538. The summed E-state index contributed by atoms with van der Waals surface area (Å²) in [6, 6.07) is 0.538. The number of nitrogens with one attached hydrogen (secondary N) is 1. The van der Waals surface area contributed by atoms with Crippen molar-refractivity contribution < 1.29 is 0 Å². The number of imidazole rings is 1. The first-order valence-corrected chi connectivity index (χ1v) is 8.16. The fourth-order valence-electron chi connectivity index (χ4n) is 2.76. The van der Waals surface area contributed by atoms with Gasteiger partial charge in [0.1, 0.15) is 5.01 Å². The highest BCUT2D eigenvalue weighted by atomic mass is 32.1. The molecule has 0 fully saturated rings. The van der Waals surface area contributed by atoms with Crippen LogP contribution in [-0.4, -0.2) is 27.1 Å². The van der Waals surface area contributed by atoms with E-state index < -0.39 is 0 Å². The average molecular weight is 290 g/mol. The first-order valence-electron chi connectivity index (χ1n) is 7.35. The van der Waals surface area contributed by atoms with Crippen molar-refractivity contribution in [3.05, 3.63) is 23.1 Å². The molecule has 108 valence electrons. The molecule has 0 amide bonds. The number of nitrogens with zero attached hydrogens (tertiary/aromatic N) is 3. The lowest BCUT2D eigenvalue weighted by Gasteiger charge is -2.22. The van der Waals surface area contributed by atoms with Crippen LogP contribution in [0, 0.1) is 0 Å². The third-order valence-electron chi connectivity index (χ3n) is 3.88. The molecule has 1 aliphatic carbocycles. The van der Waals surface area contributed by atoms with Crippen molar-refractivity contribution in [1.82, 2.24) is 19.9 Å². The molecule has 0 spiro atoms.